The van der Waals surface area contributed by atoms with Gasteiger partial charge in [-0.1, -0.05) is 0 Å². The number of nitrogens with zero attached hydrogens (tertiary/aromatic N) is 3. The molecule has 0 amide bonds. The minimum absolute atomic E-state index is 0.646. The van der Waals surface area contributed by atoms with E-state index in [-0.39, 0.29) is 0 Å². The molecule has 0 aliphatic heterocycles. The largest absolute Gasteiger partial charge is 0.353 e. The molecule has 78 valence electrons. The van der Waals surface area contributed by atoms with E-state index >= 15 is 0 Å². The lowest BCUT2D eigenvalue weighted by Crippen LogP contribution is -2.09. The fourth-order valence-electron chi connectivity index (χ4n) is 1.48. The summed E-state index contributed by atoms with van der Waals surface area (Å²) in [6.45, 7) is 0.861. The zero-order chi connectivity index (χ0) is 10.1. The Morgan fingerprint density at radius 3 is 3.20 bits per heavy atom. The Hall–Kier alpha value is -1.36. The summed E-state index contributed by atoms with van der Waals surface area (Å²) >= 11 is 1.68. The zero-order valence-corrected chi connectivity index (χ0v) is 9.07. The fourth-order valence-corrected chi connectivity index (χ4v) is 2.07. The average Bonchev–Trinajstić information content (AvgIpc) is 2.75. The molecule has 1 N–H and O–H groups in total. The van der Waals surface area contributed by atoms with Crippen molar-refractivity contribution in [2.24, 2.45) is 0 Å². The molecule has 4 nitrogen and oxygen atoms in total. The number of anilines is 1. The van der Waals surface area contributed by atoms with Crippen LogP contribution in [0.5, 0.6) is 0 Å². The second-order valence-electron chi connectivity index (χ2n) is 3.77. The van der Waals surface area contributed by atoms with Gasteiger partial charge in [0.15, 0.2) is 0 Å². The first-order valence-electron chi connectivity index (χ1n) is 5.07. The van der Waals surface area contributed by atoms with Crippen LogP contribution in [0.3, 0.4) is 0 Å². The standard InChI is InChI=1S/C10H12N4S/c1-2-8(1)13-10-12-3-4-14(10)6-9-5-11-7-15-9/h3-5,7-8H,1-2,6H2,(H,12,13). The van der Waals surface area contributed by atoms with Crippen LogP contribution < -0.4 is 5.32 Å². The summed E-state index contributed by atoms with van der Waals surface area (Å²) in [6, 6.07) is 0.646. The highest BCUT2D eigenvalue weighted by atomic mass is 32.1. The van der Waals surface area contributed by atoms with Crippen molar-refractivity contribution in [3.8, 4) is 0 Å². The molecular weight excluding hydrogens is 208 g/mol. The Morgan fingerprint density at radius 1 is 1.53 bits per heavy atom. The molecule has 2 aromatic rings. The van der Waals surface area contributed by atoms with Gasteiger partial charge in [0.2, 0.25) is 5.95 Å². The van der Waals surface area contributed by atoms with E-state index in [1.165, 1.54) is 17.7 Å². The van der Waals surface area contributed by atoms with Gasteiger partial charge in [0.1, 0.15) is 0 Å². The van der Waals surface area contributed by atoms with Crippen molar-refractivity contribution in [1.29, 1.82) is 0 Å². The quantitative estimate of drug-likeness (QED) is 0.856. The SMILES string of the molecule is c1cn(Cc2cncs2)c(NC2CC2)n1. The van der Waals surface area contributed by atoms with E-state index in [9.17, 15) is 0 Å². The van der Waals surface area contributed by atoms with Gasteiger partial charge in [0.05, 0.1) is 12.1 Å². The van der Waals surface area contributed by atoms with Crippen LogP contribution >= 0.6 is 11.3 Å². The molecule has 0 saturated heterocycles. The van der Waals surface area contributed by atoms with Crippen molar-refractivity contribution in [3.05, 3.63) is 29.0 Å². The molecule has 0 bridgehead atoms. The smallest absolute Gasteiger partial charge is 0.203 e. The lowest BCUT2D eigenvalue weighted by molar-refractivity contribution is 0.806. The van der Waals surface area contributed by atoms with E-state index in [4.69, 9.17) is 0 Å². The van der Waals surface area contributed by atoms with Gasteiger partial charge in [0.25, 0.3) is 0 Å². The highest BCUT2D eigenvalue weighted by molar-refractivity contribution is 7.09. The van der Waals surface area contributed by atoms with Crippen molar-refractivity contribution in [3.63, 3.8) is 0 Å². The van der Waals surface area contributed by atoms with Crippen molar-refractivity contribution in [2.45, 2.75) is 25.4 Å². The summed E-state index contributed by atoms with van der Waals surface area (Å²) in [4.78, 5) is 9.64. The van der Waals surface area contributed by atoms with E-state index in [2.05, 4.69) is 19.9 Å². The van der Waals surface area contributed by atoms with Crippen molar-refractivity contribution < 1.29 is 0 Å². The number of hydrogen-bond donors (Lipinski definition) is 1. The van der Waals surface area contributed by atoms with Gasteiger partial charge < -0.3 is 9.88 Å². The van der Waals surface area contributed by atoms with Crippen LogP contribution in [-0.2, 0) is 6.54 Å². The lowest BCUT2D eigenvalue weighted by atomic mass is 10.5. The molecule has 0 unspecified atom stereocenters. The maximum Gasteiger partial charge on any atom is 0.203 e. The van der Waals surface area contributed by atoms with E-state index < -0.39 is 0 Å². The average molecular weight is 220 g/mol. The third-order valence-corrected chi connectivity index (χ3v) is 3.20. The molecule has 15 heavy (non-hydrogen) atoms. The highest BCUT2D eigenvalue weighted by Gasteiger charge is 2.22. The van der Waals surface area contributed by atoms with Gasteiger partial charge in [0, 0.05) is 29.5 Å². The Morgan fingerprint density at radius 2 is 2.47 bits per heavy atom. The summed E-state index contributed by atoms with van der Waals surface area (Å²) in [6.07, 6.45) is 8.29. The number of hydrogen-bond acceptors (Lipinski definition) is 4. The third-order valence-electron chi connectivity index (χ3n) is 2.44. The molecule has 1 fully saturated rings. The Balaban J connectivity index is 1.75. The predicted octanol–water partition coefficient (Wildman–Crippen LogP) is 1.96. The normalized spacial score (nSPS) is 15.5. The molecule has 2 heterocycles. The second kappa shape index (κ2) is 3.66. The van der Waals surface area contributed by atoms with Gasteiger partial charge in [-0.2, -0.15) is 0 Å². The zero-order valence-electron chi connectivity index (χ0n) is 8.26. The number of rotatable bonds is 4. The van der Waals surface area contributed by atoms with Crippen molar-refractivity contribution >= 4 is 17.3 Å². The predicted molar refractivity (Wildman–Crippen MR) is 60.1 cm³/mol. The van der Waals surface area contributed by atoms with Crippen LogP contribution in [0.2, 0.25) is 0 Å². The van der Waals surface area contributed by atoms with Crippen LogP contribution in [0.15, 0.2) is 24.1 Å². The molecule has 5 heteroatoms. The molecular formula is C10H12N4S. The van der Waals surface area contributed by atoms with E-state index in [1.807, 2.05) is 24.1 Å². The molecule has 0 spiro atoms. The number of thiazole rings is 1. The van der Waals surface area contributed by atoms with Gasteiger partial charge in [-0.3, -0.25) is 4.98 Å². The summed E-state index contributed by atoms with van der Waals surface area (Å²) in [5.41, 5.74) is 1.86. The van der Waals surface area contributed by atoms with Crippen LogP contribution in [0.1, 0.15) is 17.7 Å². The van der Waals surface area contributed by atoms with Crippen LogP contribution in [0, 0.1) is 0 Å². The second-order valence-corrected chi connectivity index (χ2v) is 4.74. The first-order valence-corrected chi connectivity index (χ1v) is 5.95. The van der Waals surface area contributed by atoms with E-state index in [1.54, 1.807) is 11.3 Å². The summed E-state index contributed by atoms with van der Waals surface area (Å²) in [7, 11) is 0. The highest BCUT2D eigenvalue weighted by Crippen LogP contribution is 2.24. The maximum absolute atomic E-state index is 4.31. The molecule has 0 aromatic carbocycles. The lowest BCUT2D eigenvalue weighted by Gasteiger charge is -2.07. The van der Waals surface area contributed by atoms with E-state index in [0.29, 0.717) is 6.04 Å². The maximum atomic E-state index is 4.31. The molecule has 1 saturated carbocycles. The first-order chi connectivity index (χ1) is 7.42. The monoisotopic (exact) mass is 220 g/mol. The number of aromatic nitrogens is 3. The molecule has 0 radical (unpaired) electrons. The molecule has 2 aromatic heterocycles. The Bertz CT molecular complexity index is 430. The molecule has 3 rings (SSSR count). The summed E-state index contributed by atoms with van der Waals surface area (Å²) < 4.78 is 2.13. The molecule has 0 atom stereocenters. The van der Waals surface area contributed by atoms with Crippen LogP contribution in [0.25, 0.3) is 0 Å². The number of imidazole rings is 1. The van der Waals surface area contributed by atoms with Crippen molar-refractivity contribution in [1.82, 2.24) is 14.5 Å². The van der Waals surface area contributed by atoms with Gasteiger partial charge in [-0.05, 0) is 12.8 Å². The topological polar surface area (TPSA) is 42.7 Å². The van der Waals surface area contributed by atoms with Gasteiger partial charge in [-0.25, -0.2) is 4.98 Å². The first kappa shape index (κ1) is 8.91. The Labute approximate surface area is 92.0 Å². The van der Waals surface area contributed by atoms with Gasteiger partial charge >= 0.3 is 0 Å². The van der Waals surface area contributed by atoms with E-state index in [0.717, 1.165) is 12.5 Å². The van der Waals surface area contributed by atoms with Crippen LogP contribution in [0.4, 0.5) is 5.95 Å². The van der Waals surface area contributed by atoms with Crippen LogP contribution in [-0.4, -0.2) is 20.6 Å². The minimum atomic E-state index is 0.646. The Kier molecular flexibility index (Phi) is 2.17. The minimum Gasteiger partial charge on any atom is -0.353 e. The summed E-state index contributed by atoms with van der Waals surface area (Å²) in [5, 5.41) is 3.41. The third kappa shape index (κ3) is 2.02. The fraction of sp³-hybridized carbons (Fsp3) is 0.400. The molecule has 1 aliphatic carbocycles. The number of nitrogens with one attached hydrogen (secondary N) is 1. The summed E-state index contributed by atoms with van der Waals surface area (Å²) in [5.74, 6) is 0.978. The molecule has 1 aliphatic rings. The van der Waals surface area contributed by atoms with Crippen molar-refractivity contribution in [2.75, 3.05) is 5.32 Å². The van der Waals surface area contributed by atoms with Gasteiger partial charge in [-0.15, -0.1) is 11.3 Å².